The summed E-state index contributed by atoms with van der Waals surface area (Å²) in [6.45, 7) is 5.06. The zero-order valence-corrected chi connectivity index (χ0v) is 11.2. The van der Waals surface area contributed by atoms with Crippen LogP contribution in [0.5, 0.6) is 0 Å². The molecule has 1 fully saturated rings. The van der Waals surface area contributed by atoms with E-state index < -0.39 is 0 Å². The number of likely N-dealkylation sites (tertiary alicyclic amines) is 1. The molecule has 2 atom stereocenters. The number of hydrogen-bond acceptors (Lipinski definition) is 4. The Morgan fingerprint density at radius 3 is 2.39 bits per heavy atom. The molecule has 18 heavy (non-hydrogen) atoms. The maximum atomic E-state index is 11.8. The average Bonchev–Trinajstić information content (AvgIpc) is 2.34. The molecule has 6 heteroatoms. The Morgan fingerprint density at radius 2 is 1.83 bits per heavy atom. The molecule has 0 unspecified atom stereocenters. The first-order valence-electron chi connectivity index (χ1n) is 6.56. The van der Waals surface area contributed by atoms with Crippen molar-refractivity contribution in [1.82, 2.24) is 15.6 Å². The van der Waals surface area contributed by atoms with Crippen molar-refractivity contribution >= 4 is 11.8 Å². The number of carbonyl (C=O) groups excluding carboxylic acids is 2. The molecule has 0 aromatic rings. The Bertz CT molecular complexity index is 286. The van der Waals surface area contributed by atoms with E-state index in [1.807, 2.05) is 5.43 Å². The molecule has 1 rings (SSSR count). The lowest BCUT2D eigenvalue weighted by molar-refractivity contribution is -0.124. The molecule has 4 N–H and O–H groups in total. The first-order valence-corrected chi connectivity index (χ1v) is 6.56. The van der Waals surface area contributed by atoms with Crippen molar-refractivity contribution < 1.29 is 9.59 Å². The monoisotopic (exact) mass is 261 g/mol. The van der Waals surface area contributed by atoms with Gasteiger partial charge in [0.05, 0.1) is 6.54 Å². The van der Waals surface area contributed by atoms with Gasteiger partial charge in [0.25, 0.3) is 0 Å². The van der Waals surface area contributed by atoms with Gasteiger partial charge >= 0.3 is 0 Å². The molecule has 0 aliphatic carbocycles. The molecule has 1 aliphatic heterocycles. The second-order valence-electron chi connectivity index (χ2n) is 4.97. The van der Waals surface area contributed by atoms with Crippen LogP contribution in [0.2, 0.25) is 0 Å². The van der Waals surface area contributed by atoms with E-state index in [9.17, 15) is 9.59 Å². The highest BCUT2D eigenvalue weighted by Gasteiger charge is 2.26. The highest BCUT2D eigenvalue weighted by molar-refractivity contribution is 5.79. The molecule has 0 aromatic carbocycles. The number of hydrogen-bond donors (Lipinski definition) is 3. The topological polar surface area (TPSA) is 87.5 Å². The van der Waals surface area contributed by atoms with E-state index in [-0.39, 0.29) is 18.2 Å². The van der Waals surface area contributed by atoms with Gasteiger partial charge in [-0.25, -0.2) is 5.84 Å². The molecule has 0 saturated carbocycles. The van der Waals surface area contributed by atoms with E-state index in [1.165, 1.54) is 6.42 Å². The normalized spacial score (nSPS) is 24.6. The number of amides is 2. The summed E-state index contributed by atoms with van der Waals surface area (Å²) in [7, 11) is 0. The van der Waals surface area contributed by atoms with E-state index in [0.29, 0.717) is 25.2 Å². The van der Waals surface area contributed by atoms with Crippen LogP contribution < -0.4 is 16.6 Å². The maximum absolute atomic E-state index is 11.8. The zero-order chi connectivity index (χ0) is 13.5. The second kappa shape index (κ2) is 7.33. The van der Waals surface area contributed by atoms with Gasteiger partial charge < -0.3 is 5.32 Å². The fourth-order valence-corrected chi connectivity index (χ4v) is 2.40. The van der Waals surface area contributed by atoms with Gasteiger partial charge in [-0.1, -0.05) is 6.42 Å². The van der Waals surface area contributed by atoms with Crippen molar-refractivity contribution in [2.24, 2.45) is 5.84 Å². The Kier molecular flexibility index (Phi) is 6.07. The minimum atomic E-state index is -0.269. The van der Waals surface area contributed by atoms with Crippen molar-refractivity contribution in [2.45, 2.75) is 51.6 Å². The van der Waals surface area contributed by atoms with E-state index >= 15 is 0 Å². The quantitative estimate of drug-likeness (QED) is 0.209. The lowest BCUT2D eigenvalue weighted by Crippen LogP contribution is -2.49. The molecular formula is C12H24N4O2. The maximum Gasteiger partial charge on any atom is 0.235 e. The van der Waals surface area contributed by atoms with Gasteiger partial charge in [-0.15, -0.1) is 0 Å². The molecule has 0 radical (unpaired) electrons. The number of nitrogens with zero attached hydrogens (tertiary/aromatic N) is 1. The molecule has 0 spiro atoms. The number of piperidine rings is 1. The Labute approximate surface area is 108 Å². The van der Waals surface area contributed by atoms with Crippen LogP contribution in [0.3, 0.4) is 0 Å². The van der Waals surface area contributed by atoms with Gasteiger partial charge in [0.1, 0.15) is 0 Å². The predicted molar refractivity (Wildman–Crippen MR) is 69.4 cm³/mol. The van der Waals surface area contributed by atoms with Crippen molar-refractivity contribution in [3.05, 3.63) is 0 Å². The third-order valence-electron chi connectivity index (χ3n) is 3.54. The summed E-state index contributed by atoms with van der Waals surface area (Å²) in [6.07, 6.45) is 3.74. The zero-order valence-electron chi connectivity index (χ0n) is 11.2. The van der Waals surface area contributed by atoms with Gasteiger partial charge in [0.15, 0.2) is 0 Å². The number of carbonyl (C=O) groups is 2. The van der Waals surface area contributed by atoms with Crippen molar-refractivity contribution in [3.63, 3.8) is 0 Å². The lowest BCUT2D eigenvalue weighted by atomic mass is 10.3. The summed E-state index contributed by atoms with van der Waals surface area (Å²) >= 11 is 0. The molecular weight excluding hydrogens is 237 g/mol. The first kappa shape index (κ1) is 14.9. The number of hydrazine groups is 1. The Balaban J connectivity index is 2.28. The minimum absolute atomic E-state index is 0.0274. The Morgan fingerprint density at radius 1 is 1.22 bits per heavy atom. The molecule has 6 nitrogen and oxygen atoms in total. The van der Waals surface area contributed by atoms with Gasteiger partial charge in [-0.3, -0.25) is 19.9 Å². The number of nitrogens with one attached hydrogen (secondary N) is 2. The van der Waals surface area contributed by atoms with Gasteiger partial charge in [-0.05, 0) is 26.7 Å². The van der Waals surface area contributed by atoms with Crippen LogP contribution in [0.1, 0.15) is 39.5 Å². The average molecular weight is 261 g/mol. The van der Waals surface area contributed by atoms with Crippen LogP contribution in [0.15, 0.2) is 0 Å². The fourth-order valence-electron chi connectivity index (χ4n) is 2.40. The second-order valence-corrected chi connectivity index (χ2v) is 4.97. The predicted octanol–water partition coefficient (Wildman–Crippen LogP) is -0.254. The van der Waals surface area contributed by atoms with Gasteiger partial charge in [0.2, 0.25) is 11.8 Å². The third kappa shape index (κ3) is 4.62. The molecule has 0 bridgehead atoms. The van der Waals surface area contributed by atoms with Gasteiger partial charge in [-0.2, -0.15) is 0 Å². The SMILES string of the molecule is [13CH3][13C@@H]1CCC[13C@H]([13CH3])N1CC(=O)[15NH]CCC(=O)NN. The molecule has 104 valence electrons. The summed E-state index contributed by atoms with van der Waals surface area (Å²) in [5.41, 5.74) is 2.03. The summed E-state index contributed by atoms with van der Waals surface area (Å²) < 4.78 is 0. The highest BCUT2D eigenvalue weighted by atomic mass is 16.2. The van der Waals surface area contributed by atoms with Crippen LogP contribution in [0.4, 0.5) is 0 Å². The van der Waals surface area contributed by atoms with Gasteiger partial charge in [0, 0.05) is 25.0 Å². The first-order chi connectivity index (χ1) is 8.54. The minimum Gasteiger partial charge on any atom is -0.354 e. The van der Waals surface area contributed by atoms with Crippen molar-refractivity contribution in [1.29, 1.82) is 0 Å². The van der Waals surface area contributed by atoms with E-state index in [0.717, 1.165) is 12.8 Å². The lowest BCUT2D eigenvalue weighted by Gasteiger charge is -2.38. The van der Waals surface area contributed by atoms with E-state index in [1.54, 1.807) is 0 Å². The summed E-state index contributed by atoms with van der Waals surface area (Å²) in [4.78, 5) is 24.9. The van der Waals surface area contributed by atoms with Crippen molar-refractivity contribution in [3.8, 4) is 0 Å². The largest absolute Gasteiger partial charge is 0.354 e. The summed E-state index contributed by atoms with van der Waals surface area (Å²) in [5, 5.41) is 2.74. The highest BCUT2D eigenvalue weighted by Crippen LogP contribution is 2.21. The number of rotatable bonds is 5. The molecule has 1 aliphatic rings. The summed E-state index contributed by atoms with van der Waals surface area (Å²) in [5.74, 6) is 4.66. The van der Waals surface area contributed by atoms with Crippen LogP contribution in [0, 0.1) is 0 Å². The van der Waals surface area contributed by atoms with Crippen LogP contribution in [0.25, 0.3) is 0 Å². The molecule has 1 saturated heterocycles. The standard InChI is InChI=1S/C12H24N4O2/c1-9-4-3-5-10(2)16(9)8-12(18)14-7-6-11(17)15-13/h9-10H,3-8,13H2,1-2H3,(H,14,18)(H,15,17)/t9-,10+/i1+1,2+1,9+1,10+1,14+1. The van der Waals surface area contributed by atoms with Crippen LogP contribution in [-0.4, -0.2) is 41.9 Å². The van der Waals surface area contributed by atoms with Crippen molar-refractivity contribution in [2.75, 3.05) is 13.1 Å². The van der Waals surface area contributed by atoms with E-state index in [4.69, 9.17) is 5.84 Å². The van der Waals surface area contributed by atoms with E-state index in [2.05, 4.69) is 24.1 Å². The van der Waals surface area contributed by atoms with Crippen LogP contribution >= 0.6 is 0 Å². The smallest absolute Gasteiger partial charge is 0.235 e. The third-order valence-corrected chi connectivity index (χ3v) is 3.54. The fraction of sp³-hybridized carbons (Fsp3) is 0.833. The van der Waals surface area contributed by atoms with Crippen LogP contribution in [-0.2, 0) is 9.59 Å². The molecule has 0 aromatic heterocycles. The molecule has 1 heterocycles. The number of nitrogens with two attached hydrogens (primary N) is 1. The Hall–Kier alpha value is -1.14. The molecule has 2 amide bonds. The summed E-state index contributed by atoms with van der Waals surface area (Å²) in [6, 6.07) is 0.902.